The summed E-state index contributed by atoms with van der Waals surface area (Å²) in [5.41, 5.74) is 0. The van der Waals surface area contributed by atoms with Crippen molar-refractivity contribution in [3.63, 3.8) is 0 Å². The number of nitrogens with zero attached hydrogens (tertiary/aromatic N) is 2. The third-order valence-corrected chi connectivity index (χ3v) is 5.20. The molecular weight excluding hydrogens is 278 g/mol. The van der Waals surface area contributed by atoms with E-state index in [2.05, 4.69) is 24.3 Å². The lowest BCUT2D eigenvalue weighted by Gasteiger charge is -2.36. The van der Waals surface area contributed by atoms with Crippen molar-refractivity contribution >= 4 is 6.03 Å². The highest BCUT2D eigenvalue weighted by Crippen LogP contribution is 2.23. The first-order valence-electron chi connectivity index (χ1n) is 8.83. The van der Waals surface area contributed by atoms with Crippen molar-refractivity contribution < 1.29 is 9.53 Å². The van der Waals surface area contributed by atoms with E-state index in [1.807, 2.05) is 4.90 Å². The molecule has 1 aliphatic carbocycles. The van der Waals surface area contributed by atoms with Crippen LogP contribution >= 0.6 is 0 Å². The van der Waals surface area contributed by atoms with Crippen LogP contribution in [0.5, 0.6) is 0 Å². The van der Waals surface area contributed by atoms with E-state index in [-0.39, 0.29) is 18.2 Å². The van der Waals surface area contributed by atoms with E-state index >= 15 is 0 Å². The lowest BCUT2D eigenvalue weighted by atomic mass is 9.92. The van der Waals surface area contributed by atoms with Crippen LogP contribution in [0, 0.1) is 5.92 Å². The molecule has 1 N–H and O–H groups in total. The number of rotatable bonds is 5. The topological polar surface area (TPSA) is 44.8 Å². The molecule has 0 aromatic carbocycles. The SMILES string of the molecule is CO[C@@H]1CCCC[C@@H]1NC(=O)N1CCC(CCN(C)C)CC1. The third-order valence-electron chi connectivity index (χ3n) is 5.20. The van der Waals surface area contributed by atoms with Gasteiger partial charge in [0.1, 0.15) is 0 Å². The van der Waals surface area contributed by atoms with Crippen LogP contribution in [0.25, 0.3) is 0 Å². The molecule has 5 nitrogen and oxygen atoms in total. The Hall–Kier alpha value is -0.810. The molecule has 22 heavy (non-hydrogen) atoms. The smallest absolute Gasteiger partial charge is 0.317 e. The second-order valence-electron chi connectivity index (χ2n) is 7.14. The third kappa shape index (κ3) is 5.13. The maximum Gasteiger partial charge on any atom is 0.317 e. The predicted molar refractivity (Wildman–Crippen MR) is 89.1 cm³/mol. The molecule has 0 bridgehead atoms. The molecule has 1 saturated heterocycles. The van der Waals surface area contributed by atoms with Gasteiger partial charge in [-0.1, -0.05) is 12.8 Å². The van der Waals surface area contributed by atoms with Gasteiger partial charge < -0.3 is 19.9 Å². The molecule has 1 heterocycles. The number of likely N-dealkylation sites (tertiary alicyclic amines) is 1. The fraction of sp³-hybridized carbons (Fsp3) is 0.941. The summed E-state index contributed by atoms with van der Waals surface area (Å²) in [5, 5.41) is 3.21. The zero-order valence-electron chi connectivity index (χ0n) is 14.5. The van der Waals surface area contributed by atoms with E-state index in [4.69, 9.17) is 4.74 Å². The predicted octanol–water partition coefficient (Wildman–Crippen LogP) is 2.32. The molecule has 0 aromatic heterocycles. The molecule has 0 unspecified atom stereocenters. The molecule has 0 radical (unpaired) electrons. The van der Waals surface area contributed by atoms with E-state index < -0.39 is 0 Å². The first-order chi connectivity index (χ1) is 10.6. The lowest BCUT2D eigenvalue weighted by Crippen LogP contribution is -2.52. The van der Waals surface area contributed by atoms with Gasteiger partial charge in [-0.3, -0.25) is 0 Å². The van der Waals surface area contributed by atoms with E-state index in [1.54, 1.807) is 7.11 Å². The summed E-state index contributed by atoms with van der Waals surface area (Å²) in [6.07, 6.45) is 8.23. The number of nitrogens with one attached hydrogen (secondary N) is 1. The van der Waals surface area contributed by atoms with Gasteiger partial charge >= 0.3 is 6.03 Å². The van der Waals surface area contributed by atoms with E-state index in [0.717, 1.165) is 51.2 Å². The second-order valence-corrected chi connectivity index (χ2v) is 7.14. The highest BCUT2D eigenvalue weighted by molar-refractivity contribution is 5.74. The highest BCUT2D eigenvalue weighted by Gasteiger charge is 2.29. The second kappa shape index (κ2) is 8.73. The van der Waals surface area contributed by atoms with Crippen LogP contribution in [-0.2, 0) is 4.74 Å². The van der Waals surface area contributed by atoms with Crippen molar-refractivity contribution in [1.82, 2.24) is 15.1 Å². The highest BCUT2D eigenvalue weighted by atomic mass is 16.5. The van der Waals surface area contributed by atoms with Crippen LogP contribution in [0.2, 0.25) is 0 Å². The summed E-state index contributed by atoms with van der Waals surface area (Å²) in [5.74, 6) is 0.771. The summed E-state index contributed by atoms with van der Waals surface area (Å²) in [4.78, 5) is 16.7. The summed E-state index contributed by atoms with van der Waals surface area (Å²) >= 11 is 0. The standard InChI is InChI=1S/C17H33N3O2/c1-19(2)11-8-14-9-12-20(13-10-14)17(21)18-15-6-4-5-7-16(15)22-3/h14-16H,4-13H2,1-3H3,(H,18,21)/t15-,16+/m0/s1. The number of carbonyl (C=O) groups excluding carboxylic acids is 1. The van der Waals surface area contributed by atoms with Gasteiger partial charge in [0.05, 0.1) is 12.1 Å². The Bertz CT molecular complexity index is 341. The number of methoxy groups -OCH3 is 1. The zero-order valence-corrected chi connectivity index (χ0v) is 14.5. The van der Waals surface area contributed by atoms with Crippen LogP contribution < -0.4 is 5.32 Å². The fourth-order valence-electron chi connectivity index (χ4n) is 3.66. The Morgan fingerprint density at radius 2 is 1.86 bits per heavy atom. The van der Waals surface area contributed by atoms with Gasteiger partial charge in [0.15, 0.2) is 0 Å². The molecule has 128 valence electrons. The Labute approximate surface area is 135 Å². The van der Waals surface area contributed by atoms with Crippen molar-refractivity contribution in [1.29, 1.82) is 0 Å². The Kier molecular flexibility index (Phi) is 6.96. The van der Waals surface area contributed by atoms with Crippen LogP contribution in [0.3, 0.4) is 0 Å². The minimum absolute atomic E-state index is 0.111. The number of piperidine rings is 1. The maximum absolute atomic E-state index is 12.5. The number of urea groups is 1. The van der Waals surface area contributed by atoms with Crippen LogP contribution in [0.15, 0.2) is 0 Å². The van der Waals surface area contributed by atoms with Gasteiger partial charge in [-0.05, 0) is 58.7 Å². The molecule has 2 rings (SSSR count). The quantitative estimate of drug-likeness (QED) is 0.847. The molecule has 5 heteroatoms. The number of carbonyl (C=O) groups is 1. The Balaban J connectivity index is 1.72. The van der Waals surface area contributed by atoms with Gasteiger partial charge in [-0.25, -0.2) is 4.79 Å². The lowest BCUT2D eigenvalue weighted by molar-refractivity contribution is 0.0422. The average Bonchev–Trinajstić information content (AvgIpc) is 2.54. The van der Waals surface area contributed by atoms with E-state index in [0.29, 0.717) is 0 Å². The van der Waals surface area contributed by atoms with Crippen molar-refractivity contribution in [3.05, 3.63) is 0 Å². The fourth-order valence-corrected chi connectivity index (χ4v) is 3.66. The Morgan fingerprint density at radius 1 is 1.18 bits per heavy atom. The van der Waals surface area contributed by atoms with Gasteiger partial charge in [0, 0.05) is 20.2 Å². The van der Waals surface area contributed by atoms with Gasteiger partial charge in [-0.15, -0.1) is 0 Å². The molecule has 0 spiro atoms. The van der Waals surface area contributed by atoms with Crippen molar-refractivity contribution in [2.45, 2.75) is 57.1 Å². The van der Waals surface area contributed by atoms with E-state index in [1.165, 1.54) is 19.3 Å². The number of hydrogen-bond acceptors (Lipinski definition) is 3. The normalized spacial score (nSPS) is 27.2. The number of amides is 2. The monoisotopic (exact) mass is 311 g/mol. The van der Waals surface area contributed by atoms with Gasteiger partial charge in [-0.2, -0.15) is 0 Å². The summed E-state index contributed by atoms with van der Waals surface area (Å²) < 4.78 is 5.53. The molecule has 2 atom stereocenters. The molecule has 2 amide bonds. The molecular formula is C17H33N3O2. The van der Waals surface area contributed by atoms with Crippen LogP contribution in [-0.4, -0.2) is 68.8 Å². The zero-order chi connectivity index (χ0) is 15.9. The minimum atomic E-state index is 0.111. The number of ether oxygens (including phenoxy) is 1. The largest absolute Gasteiger partial charge is 0.379 e. The maximum atomic E-state index is 12.5. The summed E-state index contributed by atoms with van der Waals surface area (Å²) in [6, 6.07) is 0.303. The molecule has 0 aromatic rings. The molecule has 2 fully saturated rings. The summed E-state index contributed by atoms with van der Waals surface area (Å²) in [7, 11) is 6.00. The first-order valence-corrected chi connectivity index (χ1v) is 8.83. The minimum Gasteiger partial charge on any atom is -0.379 e. The number of hydrogen-bond donors (Lipinski definition) is 1. The molecule has 1 aliphatic heterocycles. The Morgan fingerprint density at radius 3 is 2.50 bits per heavy atom. The summed E-state index contributed by atoms with van der Waals surface area (Å²) in [6.45, 7) is 2.94. The van der Waals surface area contributed by atoms with Gasteiger partial charge in [0.25, 0.3) is 0 Å². The van der Waals surface area contributed by atoms with Crippen LogP contribution in [0.4, 0.5) is 4.79 Å². The van der Waals surface area contributed by atoms with Crippen LogP contribution in [0.1, 0.15) is 44.9 Å². The van der Waals surface area contributed by atoms with Gasteiger partial charge in [0.2, 0.25) is 0 Å². The molecule has 1 saturated carbocycles. The molecule has 2 aliphatic rings. The van der Waals surface area contributed by atoms with Crippen molar-refractivity contribution in [3.8, 4) is 0 Å². The van der Waals surface area contributed by atoms with Crippen molar-refractivity contribution in [2.75, 3.05) is 40.8 Å². The van der Waals surface area contributed by atoms with E-state index in [9.17, 15) is 4.79 Å². The van der Waals surface area contributed by atoms with Crippen molar-refractivity contribution in [2.24, 2.45) is 5.92 Å². The average molecular weight is 311 g/mol. The first kappa shape index (κ1) is 17.5.